The number of fused-ring (bicyclic) bond motifs is 1. The molecular weight excluding hydrogens is 232 g/mol. The lowest BCUT2D eigenvalue weighted by Gasteiger charge is -2.09. The number of pyridine rings is 1. The van der Waals surface area contributed by atoms with E-state index in [1.54, 1.807) is 6.07 Å². The van der Waals surface area contributed by atoms with Gasteiger partial charge < -0.3 is 9.84 Å². The molecule has 0 saturated heterocycles. The number of rotatable bonds is 3. The molecule has 2 aromatic rings. The van der Waals surface area contributed by atoms with Crippen LogP contribution in [0.3, 0.4) is 0 Å². The van der Waals surface area contributed by atoms with Gasteiger partial charge in [-0.05, 0) is 18.6 Å². The Morgan fingerprint density at radius 1 is 1.50 bits per heavy atom. The zero-order chi connectivity index (χ0) is 13.3. The van der Waals surface area contributed by atoms with Gasteiger partial charge in [0, 0.05) is 24.1 Å². The summed E-state index contributed by atoms with van der Waals surface area (Å²) in [4.78, 5) is 23.6. The van der Waals surface area contributed by atoms with Crippen molar-refractivity contribution in [1.82, 2.24) is 9.89 Å². The molecule has 0 atom stereocenters. The van der Waals surface area contributed by atoms with Crippen LogP contribution in [0.4, 0.5) is 0 Å². The van der Waals surface area contributed by atoms with Crippen LogP contribution >= 0.6 is 0 Å². The Labute approximate surface area is 104 Å². The van der Waals surface area contributed by atoms with Crippen molar-refractivity contribution in [2.45, 2.75) is 27.3 Å². The number of aromatic nitrogens is 1. The van der Waals surface area contributed by atoms with Crippen LogP contribution in [0.25, 0.3) is 5.52 Å². The van der Waals surface area contributed by atoms with Crippen molar-refractivity contribution in [3.63, 3.8) is 0 Å². The van der Waals surface area contributed by atoms with Crippen molar-refractivity contribution in [2.75, 3.05) is 0 Å². The second-order valence-corrected chi connectivity index (χ2v) is 4.61. The van der Waals surface area contributed by atoms with E-state index in [9.17, 15) is 9.59 Å². The van der Waals surface area contributed by atoms with Crippen LogP contribution in [0.1, 0.15) is 25.0 Å². The minimum absolute atomic E-state index is 0.0710. The summed E-state index contributed by atoms with van der Waals surface area (Å²) in [5.74, 6) is -0.168. The van der Waals surface area contributed by atoms with Crippen LogP contribution in [0.2, 0.25) is 0 Å². The summed E-state index contributed by atoms with van der Waals surface area (Å²) in [5, 5.41) is 2.74. The third kappa shape index (κ3) is 2.16. The van der Waals surface area contributed by atoms with Gasteiger partial charge in [-0.25, -0.2) is 0 Å². The molecule has 5 nitrogen and oxygen atoms in total. The van der Waals surface area contributed by atoms with Crippen LogP contribution in [-0.4, -0.2) is 10.5 Å². The Morgan fingerprint density at radius 2 is 2.22 bits per heavy atom. The number of amides is 1. The van der Waals surface area contributed by atoms with Gasteiger partial charge in [0.15, 0.2) is 0 Å². The summed E-state index contributed by atoms with van der Waals surface area (Å²) >= 11 is 0. The Balaban J connectivity index is 2.33. The first kappa shape index (κ1) is 12.4. The zero-order valence-corrected chi connectivity index (χ0v) is 10.7. The molecule has 1 amide bonds. The first-order chi connectivity index (χ1) is 8.50. The third-order valence-electron chi connectivity index (χ3n) is 2.89. The predicted molar refractivity (Wildman–Crippen MR) is 67.4 cm³/mol. The van der Waals surface area contributed by atoms with Gasteiger partial charge in [0.25, 0.3) is 5.56 Å². The van der Waals surface area contributed by atoms with Crippen LogP contribution in [0, 0.1) is 12.8 Å². The van der Waals surface area contributed by atoms with E-state index in [0.29, 0.717) is 5.56 Å². The lowest BCUT2D eigenvalue weighted by atomic mass is 10.1. The Morgan fingerprint density at radius 3 is 2.89 bits per heavy atom. The van der Waals surface area contributed by atoms with Crippen LogP contribution in [0.15, 0.2) is 27.7 Å². The van der Waals surface area contributed by atoms with Gasteiger partial charge in [-0.2, -0.15) is 0 Å². The average Bonchev–Trinajstić information content (AvgIpc) is 2.76. The summed E-state index contributed by atoms with van der Waals surface area (Å²) < 4.78 is 6.32. The highest BCUT2D eigenvalue weighted by Gasteiger charge is 2.12. The van der Waals surface area contributed by atoms with E-state index in [0.717, 1.165) is 11.1 Å². The molecule has 2 rings (SSSR count). The maximum Gasteiger partial charge on any atom is 0.289 e. The molecule has 18 heavy (non-hydrogen) atoms. The van der Waals surface area contributed by atoms with E-state index in [2.05, 4.69) is 5.32 Å². The lowest BCUT2D eigenvalue weighted by molar-refractivity contribution is -0.124. The number of carbonyl (C=O) groups is 1. The fourth-order valence-corrected chi connectivity index (χ4v) is 1.76. The number of hydrogen-bond donors (Lipinski definition) is 1. The monoisotopic (exact) mass is 248 g/mol. The summed E-state index contributed by atoms with van der Waals surface area (Å²) in [5.41, 5.74) is 1.90. The maximum absolute atomic E-state index is 12.1. The number of aryl methyl sites for hydroxylation is 1. The molecule has 96 valence electrons. The van der Waals surface area contributed by atoms with E-state index < -0.39 is 0 Å². The second-order valence-electron chi connectivity index (χ2n) is 4.61. The zero-order valence-electron chi connectivity index (χ0n) is 10.7. The molecule has 2 heterocycles. The second kappa shape index (κ2) is 4.68. The van der Waals surface area contributed by atoms with Crippen LogP contribution in [-0.2, 0) is 11.3 Å². The van der Waals surface area contributed by atoms with Crippen molar-refractivity contribution in [1.29, 1.82) is 0 Å². The molecule has 0 aliphatic heterocycles. The molecule has 2 aromatic heterocycles. The molecule has 0 unspecified atom stereocenters. The van der Waals surface area contributed by atoms with Gasteiger partial charge in [0.1, 0.15) is 6.26 Å². The summed E-state index contributed by atoms with van der Waals surface area (Å²) in [6.07, 6.45) is 1.46. The van der Waals surface area contributed by atoms with E-state index in [1.165, 1.54) is 10.8 Å². The van der Waals surface area contributed by atoms with Gasteiger partial charge in [-0.15, -0.1) is 4.57 Å². The average molecular weight is 248 g/mol. The van der Waals surface area contributed by atoms with Gasteiger partial charge in [-0.1, -0.05) is 13.8 Å². The smallest absolute Gasteiger partial charge is 0.289 e. The molecule has 0 aromatic carbocycles. The minimum Gasteiger partial charge on any atom is -0.379 e. The van der Waals surface area contributed by atoms with Gasteiger partial charge in [0.05, 0.1) is 5.52 Å². The molecule has 0 saturated carbocycles. The standard InChI is InChI=1S/C13H16N2O3/c1-8(2)12(16)14-7-11-9(3)6-10-4-5-18-15(10)13(11)17/h4-6,8H,7H2,1-3H3,(H,14,16). The fourth-order valence-electron chi connectivity index (χ4n) is 1.76. The molecule has 0 bridgehead atoms. The Kier molecular flexibility index (Phi) is 3.23. The quantitative estimate of drug-likeness (QED) is 0.894. The third-order valence-corrected chi connectivity index (χ3v) is 2.89. The Bertz CT molecular complexity index is 637. The van der Waals surface area contributed by atoms with E-state index in [1.807, 2.05) is 26.8 Å². The highest BCUT2D eigenvalue weighted by Crippen LogP contribution is 2.09. The summed E-state index contributed by atoms with van der Waals surface area (Å²) in [7, 11) is 0. The van der Waals surface area contributed by atoms with Gasteiger partial charge >= 0.3 is 0 Å². The first-order valence-electron chi connectivity index (χ1n) is 5.87. The first-order valence-corrected chi connectivity index (χ1v) is 5.87. The van der Waals surface area contributed by atoms with Gasteiger partial charge in [0.2, 0.25) is 5.91 Å². The van der Waals surface area contributed by atoms with E-state index in [-0.39, 0.29) is 23.9 Å². The molecule has 0 fully saturated rings. The van der Waals surface area contributed by atoms with Crippen LogP contribution in [0.5, 0.6) is 0 Å². The molecule has 1 N–H and O–H groups in total. The van der Waals surface area contributed by atoms with Crippen molar-refractivity contribution < 1.29 is 9.32 Å². The van der Waals surface area contributed by atoms with Crippen molar-refractivity contribution >= 4 is 11.4 Å². The maximum atomic E-state index is 12.1. The van der Waals surface area contributed by atoms with E-state index in [4.69, 9.17) is 4.52 Å². The molecular formula is C13H16N2O3. The normalized spacial score (nSPS) is 11.1. The molecule has 0 aliphatic rings. The van der Waals surface area contributed by atoms with Gasteiger partial charge in [-0.3, -0.25) is 9.59 Å². The molecule has 0 spiro atoms. The number of nitrogens with one attached hydrogen (secondary N) is 1. The topological polar surface area (TPSA) is 63.7 Å². The number of carbonyl (C=O) groups excluding carboxylic acids is 1. The van der Waals surface area contributed by atoms with Crippen molar-refractivity contribution in [3.8, 4) is 0 Å². The van der Waals surface area contributed by atoms with E-state index >= 15 is 0 Å². The highest BCUT2D eigenvalue weighted by molar-refractivity contribution is 5.77. The van der Waals surface area contributed by atoms with Crippen molar-refractivity contribution in [3.05, 3.63) is 39.9 Å². The fraction of sp³-hybridized carbons (Fsp3) is 0.385. The minimum atomic E-state index is -0.223. The largest absolute Gasteiger partial charge is 0.379 e. The molecule has 0 radical (unpaired) electrons. The SMILES string of the molecule is Cc1cc2ccon2c(=O)c1CNC(=O)C(C)C. The van der Waals surface area contributed by atoms with Crippen LogP contribution < -0.4 is 10.9 Å². The van der Waals surface area contributed by atoms with Crippen molar-refractivity contribution in [2.24, 2.45) is 5.92 Å². The number of nitrogens with zero attached hydrogens (tertiary/aromatic N) is 1. The highest BCUT2D eigenvalue weighted by atomic mass is 16.5. The molecule has 0 aliphatic carbocycles. The summed E-state index contributed by atoms with van der Waals surface area (Å²) in [6, 6.07) is 3.59. The Hall–Kier alpha value is -2.04. The lowest BCUT2D eigenvalue weighted by Crippen LogP contribution is -2.31. The summed E-state index contributed by atoms with van der Waals surface area (Å²) in [6.45, 7) is 5.70. The molecule has 5 heteroatoms. The predicted octanol–water partition coefficient (Wildman–Crippen LogP) is 1.47. The number of hydrogen-bond acceptors (Lipinski definition) is 3.